The molecule has 1 aliphatic heterocycles. The number of para-hydroxylation sites is 1. The first-order chi connectivity index (χ1) is 14.8. The van der Waals surface area contributed by atoms with Gasteiger partial charge in [-0.2, -0.15) is 0 Å². The molecule has 1 heterocycles. The van der Waals surface area contributed by atoms with Crippen molar-refractivity contribution in [3.8, 4) is 0 Å². The van der Waals surface area contributed by atoms with Gasteiger partial charge in [-0.05, 0) is 60.0 Å². The Bertz CT molecular complexity index is 1230. The summed E-state index contributed by atoms with van der Waals surface area (Å²) in [6.07, 6.45) is 2.02. The highest BCUT2D eigenvalue weighted by Gasteiger charge is 2.25. The first-order valence-corrected chi connectivity index (χ1v) is 11.9. The lowest BCUT2D eigenvalue weighted by molar-refractivity contribution is 0.0988. The molecule has 3 aromatic rings. The molecule has 31 heavy (non-hydrogen) atoms. The summed E-state index contributed by atoms with van der Waals surface area (Å²) in [4.78, 5) is 27.1. The van der Waals surface area contributed by atoms with E-state index in [-0.39, 0.29) is 17.6 Å². The van der Waals surface area contributed by atoms with E-state index in [9.17, 15) is 18.0 Å². The van der Waals surface area contributed by atoms with Gasteiger partial charge in [-0.1, -0.05) is 30.3 Å². The van der Waals surface area contributed by atoms with Gasteiger partial charge in [0.15, 0.2) is 9.84 Å². The van der Waals surface area contributed by atoms with Crippen molar-refractivity contribution in [1.82, 2.24) is 0 Å². The summed E-state index contributed by atoms with van der Waals surface area (Å²) in [7, 11) is -3.12. The Morgan fingerprint density at radius 1 is 0.903 bits per heavy atom. The summed E-state index contributed by atoms with van der Waals surface area (Å²) in [5.41, 5.74) is 4.30. The molecule has 0 spiro atoms. The topological polar surface area (TPSA) is 83.5 Å². The lowest BCUT2D eigenvalue weighted by atomic mass is 10.1. The smallest absolute Gasteiger partial charge is 0.258 e. The fraction of sp³-hybridized carbons (Fsp3) is 0.167. The van der Waals surface area contributed by atoms with Crippen LogP contribution in [-0.4, -0.2) is 33.0 Å². The third-order valence-electron chi connectivity index (χ3n) is 5.17. The maximum Gasteiger partial charge on any atom is 0.258 e. The first-order valence-electron chi connectivity index (χ1n) is 9.88. The number of benzene rings is 3. The molecule has 0 unspecified atom stereocenters. The van der Waals surface area contributed by atoms with Crippen LogP contribution >= 0.6 is 0 Å². The van der Waals surface area contributed by atoms with E-state index in [0.29, 0.717) is 28.9 Å². The standard InChI is InChI=1S/C24H22N2O4S/c1-31(29,30)16-17-6-8-19(9-7-17)23(27)25-21-12-10-20(11-13-21)24(28)26-15-14-18-4-2-3-5-22(18)26/h2-13H,14-16H2,1H3,(H,25,27). The SMILES string of the molecule is CS(=O)(=O)Cc1ccc(C(=O)Nc2ccc(C(=O)N3CCc4ccccc43)cc2)cc1. The van der Waals surface area contributed by atoms with Crippen molar-refractivity contribution in [2.45, 2.75) is 12.2 Å². The summed E-state index contributed by atoms with van der Waals surface area (Å²) < 4.78 is 22.7. The third-order valence-corrected chi connectivity index (χ3v) is 6.02. The zero-order valence-corrected chi connectivity index (χ0v) is 17.9. The van der Waals surface area contributed by atoms with Crippen molar-refractivity contribution in [2.24, 2.45) is 0 Å². The molecule has 0 bridgehead atoms. The molecule has 7 heteroatoms. The number of nitrogens with one attached hydrogen (secondary N) is 1. The van der Waals surface area contributed by atoms with E-state index in [1.54, 1.807) is 53.4 Å². The molecule has 1 aliphatic rings. The predicted octanol–water partition coefficient (Wildman–Crippen LogP) is 3.69. The highest BCUT2D eigenvalue weighted by atomic mass is 32.2. The zero-order valence-electron chi connectivity index (χ0n) is 17.0. The Balaban J connectivity index is 1.42. The molecule has 3 aromatic carbocycles. The number of hydrogen-bond acceptors (Lipinski definition) is 4. The summed E-state index contributed by atoms with van der Waals surface area (Å²) >= 11 is 0. The molecule has 158 valence electrons. The second-order valence-electron chi connectivity index (χ2n) is 7.63. The molecule has 0 fully saturated rings. The number of amides is 2. The largest absolute Gasteiger partial charge is 0.322 e. The van der Waals surface area contributed by atoms with Gasteiger partial charge in [0.25, 0.3) is 11.8 Å². The number of carbonyl (C=O) groups excluding carboxylic acids is 2. The first kappa shape index (κ1) is 20.8. The van der Waals surface area contributed by atoms with Crippen LogP contribution in [0.1, 0.15) is 31.8 Å². The number of anilines is 2. The molecular weight excluding hydrogens is 412 g/mol. The quantitative estimate of drug-likeness (QED) is 0.664. The van der Waals surface area contributed by atoms with Gasteiger partial charge >= 0.3 is 0 Å². The van der Waals surface area contributed by atoms with Gasteiger partial charge in [-0.15, -0.1) is 0 Å². The number of nitrogens with zero attached hydrogens (tertiary/aromatic N) is 1. The van der Waals surface area contributed by atoms with Gasteiger partial charge in [0.05, 0.1) is 5.75 Å². The molecule has 0 saturated heterocycles. The van der Waals surface area contributed by atoms with E-state index < -0.39 is 9.84 Å². The molecule has 6 nitrogen and oxygen atoms in total. The van der Waals surface area contributed by atoms with Crippen LogP contribution in [0.15, 0.2) is 72.8 Å². The van der Waals surface area contributed by atoms with Crippen molar-refractivity contribution >= 4 is 33.0 Å². The number of fused-ring (bicyclic) bond motifs is 1. The van der Waals surface area contributed by atoms with Crippen molar-refractivity contribution in [2.75, 3.05) is 23.0 Å². The minimum atomic E-state index is -3.12. The minimum absolute atomic E-state index is 0.0636. The molecule has 2 amide bonds. The van der Waals surface area contributed by atoms with E-state index >= 15 is 0 Å². The lowest BCUT2D eigenvalue weighted by Gasteiger charge is -2.17. The van der Waals surface area contributed by atoms with Crippen molar-refractivity contribution in [3.63, 3.8) is 0 Å². The second-order valence-corrected chi connectivity index (χ2v) is 9.77. The molecule has 0 saturated carbocycles. The van der Waals surface area contributed by atoms with Crippen LogP contribution < -0.4 is 10.2 Å². The van der Waals surface area contributed by atoms with Crippen LogP contribution in [0.25, 0.3) is 0 Å². The number of carbonyl (C=O) groups is 2. The summed E-state index contributed by atoms with van der Waals surface area (Å²) in [5, 5.41) is 2.80. The van der Waals surface area contributed by atoms with Crippen LogP contribution in [0, 0.1) is 0 Å². The Morgan fingerprint density at radius 3 is 2.23 bits per heavy atom. The second kappa shape index (κ2) is 8.35. The molecule has 4 rings (SSSR count). The van der Waals surface area contributed by atoms with E-state index in [2.05, 4.69) is 5.32 Å². The number of sulfone groups is 1. The van der Waals surface area contributed by atoms with E-state index in [1.165, 1.54) is 11.8 Å². The molecule has 0 aromatic heterocycles. The van der Waals surface area contributed by atoms with Crippen LogP contribution in [0.2, 0.25) is 0 Å². The Labute approximate surface area is 181 Å². The van der Waals surface area contributed by atoms with Crippen molar-refractivity contribution < 1.29 is 18.0 Å². The van der Waals surface area contributed by atoms with Gasteiger partial charge in [-0.25, -0.2) is 8.42 Å². The minimum Gasteiger partial charge on any atom is -0.322 e. The highest BCUT2D eigenvalue weighted by Crippen LogP contribution is 2.29. The summed E-state index contributed by atoms with van der Waals surface area (Å²) in [5.74, 6) is -0.436. The fourth-order valence-electron chi connectivity index (χ4n) is 3.66. The van der Waals surface area contributed by atoms with Crippen molar-refractivity contribution in [1.29, 1.82) is 0 Å². The Hall–Kier alpha value is -3.45. The molecular formula is C24H22N2O4S. The van der Waals surface area contributed by atoms with Crippen molar-refractivity contribution in [3.05, 3.63) is 95.1 Å². The fourth-order valence-corrected chi connectivity index (χ4v) is 4.46. The summed E-state index contributed by atoms with van der Waals surface area (Å²) in [6.45, 7) is 0.659. The Morgan fingerprint density at radius 2 is 1.55 bits per heavy atom. The molecule has 0 aliphatic carbocycles. The Kier molecular flexibility index (Phi) is 5.61. The molecule has 0 atom stereocenters. The van der Waals surface area contributed by atoms with E-state index in [4.69, 9.17) is 0 Å². The van der Waals surface area contributed by atoms with Gasteiger partial charge in [0.2, 0.25) is 0 Å². The maximum atomic E-state index is 12.9. The third kappa shape index (κ3) is 4.83. The van der Waals surface area contributed by atoms with Crippen LogP contribution in [-0.2, 0) is 22.0 Å². The van der Waals surface area contributed by atoms with Gasteiger partial charge in [-0.3, -0.25) is 9.59 Å². The van der Waals surface area contributed by atoms with Gasteiger partial charge in [0.1, 0.15) is 0 Å². The van der Waals surface area contributed by atoms with Crippen LogP contribution in [0.3, 0.4) is 0 Å². The van der Waals surface area contributed by atoms with E-state index in [1.807, 2.05) is 24.3 Å². The average molecular weight is 435 g/mol. The number of hydrogen-bond donors (Lipinski definition) is 1. The number of rotatable bonds is 5. The normalized spacial score (nSPS) is 13.0. The lowest BCUT2D eigenvalue weighted by Crippen LogP contribution is -2.28. The van der Waals surface area contributed by atoms with E-state index in [0.717, 1.165) is 12.1 Å². The zero-order chi connectivity index (χ0) is 22.0. The van der Waals surface area contributed by atoms with Gasteiger partial charge < -0.3 is 10.2 Å². The molecule has 0 radical (unpaired) electrons. The highest BCUT2D eigenvalue weighted by molar-refractivity contribution is 7.89. The summed E-state index contributed by atoms with van der Waals surface area (Å²) in [6, 6.07) is 21.2. The average Bonchev–Trinajstić information content (AvgIpc) is 3.17. The van der Waals surface area contributed by atoms with Crippen LogP contribution in [0.5, 0.6) is 0 Å². The maximum absolute atomic E-state index is 12.9. The molecule has 1 N–H and O–H groups in total. The van der Waals surface area contributed by atoms with Crippen LogP contribution in [0.4, 0.5) is 11.4 Å². The predicted molar refractivity (Wildman–Crippen MR) is 121 cm³/mol. The van der Waals surface area contributed by atoms with Gasteiger partial charge in [0, 0.05) is 35.3 Å². The monoisotopic (exact) mass is 434 g/mol.